The summed E-state index contributed by atoms with van der Waals surface area (Å²) in [4.78, 5) is 2.52. The molecule has 2 aliphatic heterocycles. The van der Waals surface area contributed by atoms with Crippen molar-refractivity contribution in [1.29, 1.82) is 0 Å². The van der Waals surface area contributed by atoms with Crippen LogP contribution < -0.4 is 0 Å². The van der Waals surface area contributed by atoms with Gasteiger partial charge in [0.05, 0.1) is 5.60 Å². The van der Waals surface area contributed by atoms with Gasteiger partial charge in [0.25, 0.3) is 0 Å². The summed E-state index contributed by atoms with van der Waals surface area (Å²) in [5.41, 5.74) is 0.201. The van der Waals surface area contributed by atoms with E-state index < -0.39 is 0 Å². The molecule has 18 heavy (non-hydrogen) atoms. The second-order valence-electron chi connectivity index (χ2n) is 5.75. The van der Waals surface area contributed by atoms with Crippen LogP contribution in [0.3, 0.4) is 0 Å². The summed E-state index contributed by atoms with van der Waals surface area (Å²) in [5.74, 6) is 2.47. The number of aliphatic hydroxyl groups excluding tert-OH is 1. The van der Waals surface area contributed by atoms with Crippen LogP contribution in [0.4, 0.5) is 0 Å². The average molecular weight is 273 g/mol. The Morgan fingerprint density at radius 1 is 1.39 bits per heavy atom. The van der Waals surface area contributed by atoms with Gasteiger partial charge in [0, 0.05) is 25.0 Å². The molecule has 2 aliphatic rings. The van der Waals surface area contributed by atoms with E-state index in [0.29, 0.717) is 12.6 Å². The van der Waals surface area contributed by atoms with E-state index in [9.17, 15) is 0 Å². The molecule has 0 aromatic carbocycles. The van der Waals surface area contributed by atoms with Crippen molar-refractivity contribution in [3.63, 3.8) is 0 Å². The summed E-state index contributed by atoms with van der Waals surface area (Å²) in [5, 5.41) is 8.79. The summed E-state index contributed by atoms with van der Waals surface area (Å²) < 4.78 is 6.07. The SMILES string of the molecule is CN(CCCCCO)C1CCOC2(CCSC2)C1. The fourth-order valence-electron chi connectivity index (χ4n) is 3.07. The molecule has 0 amide bonds. The van der Waals surface area contributed by atoms with Crippen LogP contribution >= 0.6 is 11.8 Å². The molecule has 106 valence electrons. The van der Waals surface area contributed by atoms with Crippen LogP contribution in [-0.2, 0) is 4.74 Å². The molecular weight excluding hydrogens is 246 g/mol. The van der Waals surface area contributed by atoms with Gasteiger partial charge in [0.1, 0.15) is 0 Å². The minimum atomic E-state index is 0.201. The van der Waals surface area contributed by atoms with Gasteiger partial charge in [0.2, 0.25) is 0 Å². The van der Waals surface area contributed by atoms with E-state index in [1.165, 1.54) is 37.2 Å². The summed E-state index contributed by atoms with van der Waals surface area (Å²) in [6, 6.07) is 0.701. The number of rotatable bonds is 6. The Hall–Kier alpha value is 0.230. The first kappa shape index (κ1) is 14.6. The summed E-state index contributed by atoms with van der Waals surface area (Å²) in [7, 11) is 2.25. The van der Waals surface area contributed by atoms with E-state index >= 15 is 0 Å². The first-order valence-electron chi connectivity index (χ1n) is 7.29. The molecule has 2 heterocycles. The maximum atomic E-state index is 8.79. The molecule has 0 aliphatic carbocycles. The number of nitrogens with zero attached hydrogens (tertiary/aromatic N) is 1. The smallest absolute Gasteiger partial charge is 0.0795 e. The van der Waals surface area contributed by atoms with Crippen molar-refractivity contribution in [2.24, 2.45) is 0 Å². The molecule has 0 saturated carbocycles. The molecule has 4 heteroatoms. The van der Waals surface area contributed by atoms with Crippen LogP contribution in [0.25, 0.3) is 0 Å². The van der Waals surface area contributed by atoms with Crippen LogP contribution in [0.2, 0.25) is 0 Å². The van der Waals surface area contributed by atoms with E-state index in [-0.39, 0.29) is 5.60 Å². The molecule has 0 aromatic rings. The minimum Gasteiger partial charge on any atom is -0.396 e. The van der Waals surface area contributed by atoms with E-state index in [4.69, 9.17) is 9.84 Å². The Morgan fingerprint density at radius 2 is 2.28 bits per heavy atom. The van der Waals surface area contributed by atoms with Gasteiger partial charge in [-0.15, -0.1) is 0 Å². The maximum Gasteiger partial charge on any atom is 0.0795 e. The van der Waals surface area contributed by atoms with Gasteiger partial charge in [-0.05, 0) is 57.9 Å². The Labute approximate surface area is 115 Å². The first-order valence-corrected chi connectivity index (χ1v) is 8.44. The maximum absolute atomic E-state index is 8.79. The highest BCUT2D eigenvalue weighted by molar-refractivity contribution is 7.99. The Morgan fingerprint density at radius 3 is 3.00 bits per heavy atom. The van der Waals surface area contributed by atoms with Crippen LogP contribution in [-0.4, -0.2) is 60.0 Å². The highest BCUT2D eigenvalue weighted by Crippen LogP contribution is 2.39. The molecule has 2 rings (SSSR count). The molecular formula is C14H27NO2S. The van der Waals surface area contributed by atoms with E-state index in [0.717, 1.165) is 26.0 Å². The lowest BCUT2D eigenvalue weighted by atomic mass is 9.89. The predicted molar refractivity (Wildman–Crippen MR) is 77.2 cm³/mol. The summed E-state index contributed by atoms with van der Waals surface area (Å²) in [6.07, 6.45) is 6.94. The average Bonchev–Trinajstić information content (AvgIpc) is 2.82. The van der Waals surface area contributed by atoms with Gasteiger partial charge < -0.3 is 14.7 Å². The number of aliphatic hydroxyl groups is 1. The van der Waals surface area contributed by atoms with Gasteiger partial charge in [-0.1, -0.05) is 0 Å². The van der Waals surface area contributed by atoms with Crippen molar-refractivity contribution in [2.45, 2.75) is 50.2 Å². The Balaban J connectivity index is 1.74. The van der Waals surface area contributed by atoms with E-state index in [2.05, 4.69) is 11.9 Å². The van der Waals surface area contributed by atoms with Crippen LogP contribution in [0.15, 0.2) is 0 Å². The first-order chi connectivity index (χ1) is 8.76. The molecule has 2 unspecified atom stereocenters. The topological polar surface area (TPSA) is 32.7 Å². The third kappa shape index (κ3) is 3.86. The molecule has 1 N–H and O–H groups in total. The van der Waals surface area contributed by atoms with Gasteiger partial charge in [-0.25, -0.2) is 0 Å². The van der Waals surface area contributed by atoms with Crippen molar-refractivity contribution in [2.75, 3.05) is 38.3 Å². The molecule has 2 fully saturated rings. The molecule has 0 aromatic heterocycles. The number of thioether (sulfide) groups is 1. The lowest BCUT2D eigenvalue weighted by Gasteiger charge is -2.41. The largest absolute Gasteiger partial charge is 0.396 e. The number of hydrogen-bond acceptors (Lipinski definition) is 4. The third-order valence-corrected chi connectivity index (χ3v) is 5.55. The molecule has 0 bridgehead atoms. The monoisotopic (exact) mass is 273 g/mol. The number of hydrogen-bond donors (Lipinski definition) is 1. The zero-order valence-electron chi connectivity index (χ0n) is 11.6. The van der Waals surface area contributed by atoms with Gasteiger partial charge in [-0.2, -0.15) is 11.8 Å². The normalized spacial score (nSPS) is 32.5. The van der Waals surface area contributed by atoms with Crippen LogP contribution in [0.5, 0.6) is 0 Å². The Bertz CT molecular complexity index is 244. The fraction of sp³-hybridized carbons (Fsp3) is 1.00. The predicted octanol–water partition coefficient (Wildman–Crippen LogP) is 2.14. The fourth-order valence-corrected chi connectivity index (χ4v) is 4.45. The summed E-state index contributed by atoms with van der Waals surface area (Å²) >= 11 is 2.05. The van der Waals surface area contributed by atoms with Crippen molar-refractivity contribution >= 4 is 11.8 Å². The second kappa shape index (κ2) is 7.13. The number of ether oxygens (including phenoxy) is 1. The van der Waals surface area contributed by atoms with Crippen molar-refractivity contribution < 1.29 is 9.84 Å². The highest BCUT2D eigenvalue weighted by Gasteiger charge is 2.41. The lowest BCUT2D eigenvalue weighted by Crippen LogP contribution is -2.48. The van der Waals surface area contributed by atoms with E-state index in [1.807, 2.05) is 11.8 Å². The highest BCUT2D eigenvalue weighted by atomic mass is 32.2. The van der Waals surface area contributed by atoms with Crippen molar-refractivity contribution in [1.82, 2.24) is 4.90 Å². The minimum absolute atomic E-state index is 0.201. The quantitative estimate of drug-likeness (QED) is 0.752. The second-order valence-corrected chi connectivity index (χ2v) is 6.85. The van der Waals surface area contributed by atoms with Crippen LogP contribution in [0, 0.1) is 0 Å². The molecule has 2 saturated heterocycles. The van der Waals surface area contributed by atoms with Crippen molar-refractivity contribution in [3.05, 3.63) is 0 Å². The molecule has 3 nitrogen and oxygen atoms in total. The van der Waals surface area contributed by atoms with Gasteiger partial charge >= 0.3 is 0 Å². The zero-order chi connectivity index (χ0) is 12.8. The van der Waals surface area contributed by atoms with Crippen LogP contribution in [0.1, 0.15) is 38.5 Å². The van der Waals surface area contributed by atoms with Gasteiger partial charge in [0.15, 0.2) is 0 Å². The molecule has 1 spiro atoms. The zero-order valence-corrected chi connectivity index (χ0v) is 12.4. The standard InChI is InChI=1S/C14H27NO2S/c1-15(7-3-2-4-8-16)13-5-9-17-14(11-13)6-10-18-12-14/h13,16H,2-12H2,1H3. The molecule has 2 atom stereocenters. The summed E-state index contributed by atoms with van der Waals surface area (Å²) in [6.45, 7) is 2.43. The molecule has 0 radical (unpaired) electrons. The van der Waals surface area contributed by atoms with Gasteiger partial charge in [-0.3, -0.25) is 0 Å². The lowest BCUT2D eigenvalue weighted by molar-refractivity contribution is -0.0864. The number of unbranched alkanes of at least 4 members (excludes halogenated alkanes) is 2. The van der Waals surface area contributed by atoms with E-state index in [1.54, 1.807) is 0 Å². The third-order valence-electron chi connectivity index (χ3n) is 4.33. The Kier molecular flexibility index (Phi) is 5.80. The van der Waals surface area contributed by atoms with Crippen molar-refractivity contribution in [3.8, 4) is 0 Å².